The highest BCUT2D eigenvalue weighted by Crippen LogP contribution is 2.30. The fraction of sp³-hybridized carbons (Fsp3) is 0.600. The van der Waals surface area contributed by atoms with Gasteiger partial charge in [0.2, 0.25) is 0 Å². The molecule has 2 rings (SSSR count). The predicted molar refractivity (Wildman–Crippen MR) is 79.3 cm³/mol. The Morgan fingerprint density at radius 3 is 2.89 bits per heavy atom. The second-order valence-electron chi connectivity index (χ2n) is 4.94. The molecule has 1 saturated carbocycles. The Hall–Kier alpha value is -0.930. The lowest BCUT2D eigenvalue weighted by atomic mass is 9.92. The lowest BCUT2D eigenvalue weighted by Gasteiger charge is -2.29. The Balaban J connectivity index is 1.97. The molecule has 19 heavy (non-hydrogen) atoms. The molecule has 4 heteroatoms. The summed E-state index contributed by atoms with van der Waals surface area (Å²) in [6, 6.07) is 6.34. The van der Waals surface area contributed by atoms with Gasteiger partial charge in [-0.15, -0.1) is 0 Å². The number of rotatable bonds is 5. The van der Waals surface area contributed by atoms with Crippen LogP contribution in [0.4, 0.5) is 5.69 Å². The fourth-order valence-corrected chi connectivity index (χ4v) is 2.82. The number of benzene rings is 1. The first-order valence-corrected chi connectivity index (χ1v) is 7.32. The van der Waals surface area contributed by atoms with E-state index in [1.807, 2.05) is 25.1 Å². The Kier molecular flexibility index (Phi) is 5.34. The van der Waals surface area contributed by atoms with Gasteiger partial charge in [0.05, 0.1) is 17.7 Å². The minimum absolute atomic E-state index is 0.379. The van der Waals surface area contributed by atoms with Crippen LogP contribution in [-0.2, 0) is 4.74 Å². The van der Waals surface area contributed by atoms with E-state index < -0.39 is 0 Å². The third kappa shape index (κ3) is 4.02. The number of hydrogen-bond donors (Lipinski definition) is 1. The predicted octanol–water partition coefficient (Wildman–Crippen LogP) is 4.11. The van der Waals surface area contributed by atoms with E-state index in [0.29, 0.717) is 23.8 Å². The molecule has 2 atom stereocenters. The molecule has 3 nitrogen and oxygen atoms in total. The topological polar surface area (TPSA) is 30.5 Å². The summed E-state index contributed by atoms with van der Waals surface area (Å²) in [5.74, 6) is 0.744. The molecule has 1 aromatic carbocycles. The van der Waals surface area contributed by atoms with E-state index in [2.05, 4.69) is 5.32 Å². The van der Waals surface area contributed by atoms with Crippen LogP contribution in [0.15, 0.2) is 18.2 Å². The van der Waals surface area contributed by atoms with Gasteiger partial charge in [-0.3, -0.25) is 0 Å². The SMILES string of the molecule is CCOc1ccc(NC2CCCC(OC)C2)cc1Cl. The summed E-state index contributed by atoms with van der Waals surface area (Å²) >= 11 is 6.19. The highest BCUT2D eigenvalue weighted by atomic mass is 35.5. The number of anilines is 1. The van der Waals surface area contributed by atoms with Crippen molar-refractivity contribution in [3.05, 3.63) is 23.2 Å². The first-order chi connectivity index (χ1) is 9.22. The molecule has 1 aromatic rings. The molecule has 2 unspecified atom stereocenters. The molecule has 0 aromatic heterocycles. The number of hydrogen-bond acceptors (Lipinski definition) is 3. The minimum atomic E-state index is 0.379. The Bertz CT molecular complexity index is 411. The normalized spacial score (nSPS) is 23.1. The molecular weight excluding hydrogens is 262 g/mol. The van der Waals surface area contributed by atoms with Crippen LogP contribution >= 0.6 is 11.6 Å². The van der Waals surface area contributed by atoms with E-state index in [1.165, 1.54) is 19.3 Å². The molecule has 0 amide bonds. The summed E-state index contributed by atoms with van der Waals surface area (Å²) in [5, 5.41) is 4.19. The minimum Gasteiger partial charge on any atom is -0.492 e. The zero-order chi connectivity index (χ0) is 13.7. The molecule has 0 heterocycles. The lowest BCUT2D eigenvalue weighted by Crippen LogP contribution is -2.30. The van der Waals surface area contributed by atoms with Crippen LogP contribution in [0.2, 0.25) is 5.02 Å². The Morgan fingerprint density at radius 1 is 1.37 bits per heavy atom. The third-order valence-electron chi connectivity index (χ3n) is 3.56. The van der Waals surface area contributed by atoms with Gasteiger partial charge in [0, 0.05) is 18.8 Å². The molecule has 0 saturated heterocycles. The van der Waals surface area contributed by atoms with E-state index in [4.69, 9.17) is 21.1 Å². The van der Waals surface area contributed by atoms with E-state index in [1.54, 1.807) is 7.11 Å². The van der Waals surface area contributed by atoms with Gasteiger partial charge in [-0.1, -0.05) is 11.6 Å². The molecular formula is C15H22ClNO2. The largest absolute Gasteiger partial charge is 0.492 e. The average molecular weight is 284 g/mol. The lowest BCUT2D eigenvalue weighted by molar-refractivity contribution is 0.0669. The van der Waals surface area contributed by atoms with Crippen LogP contribution in [-0.4, -0.2) is 25.9 Å². The fourth-order valence-electron chi connectivity index (χ4n) is 2.59. The zero-order valence-corrected chi connectivity index (χ0v) is 12.4. The summed E-state index contributed by atoms with van der Waals surface area (Å²) < 4.78 is 10.9. The molecule has 0 bridgehead atoms. The second-order valence-corrected chi connectivity index (χ2v) is 5.35. The smallest absolute Gasteiger partial charge is 0.138 e. The van der Waals surface area contributed by atoms with Crippen molar-refractivity contribution in [2.45, 2.75) is 44.8 Å². The second kappa shape index (κ2) is 7.01. The van der Waals surface area contributed by atoms with E-state index in [0.717, 1.165) is 17.9 Å². The summed E-state index contributed by atoms with van der Waals surface area (Å²) in [7, 11) is 1.79. The molecule has 0 radical (unpaired) electrons. The standard InChI is InChI=1S/C15H22ClNO2/c1-3-19-15-8-7-12(10-14(15)16)17-11-5-4-6-13(9-11)18-2/h7-8,10-11,13,17H,3-6,9H2,1-2H3. The van der Waals surface area contributed by atoms with E-state index >= 15 is 0 Å². The van der Waals surface area contributed by atoms with Crippen LogP contribution in [0.5, 0.6) is 5.75 Å². The summed E-state index contributed by atoms with van der Waals surface area (Å²) in [6.45, 7) is 2.58. The number of methoxy groups -OCH3 is 1. The van der Waals surface area contributed by atoms with Gasteiger partial charge in [0.15, 0.2) is 0 Å². The van der Waals surface area contributed by atoms with Crippen molar-refractivity contribution in [2.24, 2.45) is 0 Å². The van der Waals surface area contributed by atoms with Crippen molar-refractivity contribution in [1.29, 1.82) is 0 Å². The number of halogens is 1. The maximum absolute atomic E-state index is 6.19. The van der Waals surface area contributed by atoms with Gasteiger partial charge < -0.3 is 14.8 Å². The quantitative estimate of drug-likeness (QED) is 0.882. The first-order valence-electron chi connectivity index (χ1n) is 6.94. The highest BCUT2D eigenvalue weighted by molar-refractivity contribution is 6.32. The Morgan fingerprint density at radius 2 is 2.21 bits per heavy atom. The maximum atomic E-state index is 6.19. The molecule has 0 spiro atoms. The molecule has 1 N–H and O–H groups in total. The number of nitrogens with one attached hydrogen (secondary N) is 1. The molecule has 106 valence electrons. The molecule has 1 aliphatic rings. The summed E-state index contributed by atoms with van der Waals surface area (Å²) in [6.07, 6.45) is 5.00. The van der Waals surface area contributed by atoms with Crippen LogP contribution in [0.25, 0.3) is 0 Å². The summed E-state index contributed by atoms with van der Waals surface area (Å²) in [4.78, 5) is 0. The van der Waals surface area contributed by atoms with Crippen LogP contribution in [0.1, 0.15) is 32.6 Å². The van der Waals surface area contributed by atoms with Gasteiger partial charge in [0.25, 0.3) is 0 Å². The Labute approximate surface area is 120 Å². The van der Waals surface area contributed by atoms with Crippen LogP contribution in [0, 0.1) is 0 Å². The molecule has 1 fully saturated rings. The average Bonchev–Trinajstić information content (AvgIpc) is 2.42. The monoisotopic (exact) mass is 283 g/mol. The van der Waals surface area contributed by atoms with Gasteiger partial charge in [0.1, 0.15) is 5.75 Å². The van der Waals surface area contributed by atoms with Crippen molar-refractivity contribution in [3.8, 4) is 5.75 Å². The molecule has 0 aliphatic heterocycles. The summed E-state index contributed by atoms with van der Waals surface area (Å²) in [5.41, 5.74) is 1.05. The van der Waals surface area contributed by atoms with Gasteiger partial charge in [-0.2, -0.15) is 0 Å². The van der Waals surface area contributed by atoms with E-state index in [9.17, 15) is 0 Å². The van der Waals surface area contributed by atoms with Crippen molar-refractivity contribution < 1.29 is 9.47 Å². The molecule has 1 aliphatic carbocycles. The zero-order valence-electron chi connectivity index (χ0n) is 11.6. The van der Waals surface area contributed by atoms with E-state index in [-0.39, 0.29) is 0 Å². The number of ether oxygens (including phenoxy) is 2. The van der Waals surface area contributed by atoms with Crippen LogP contribution in [0.3, 0.4) is 0 Å². The van der Waals surface area contributed by atoms with Crippen molar-refractivity contribution in [3.63, 3.8) is 0 Å². The third-order valence-corrected chi connectivity index (χ3v) is 3.86. The van der Waals surface area contributed by atoms with Crippen molar-refractivity contribution in [1.82, 2.24) is 0 Å². The first kappa shape index (κ1) is 14.5. The van der Waals surface area contributed by atoms with Crippen molar-refractivity contribution in [2.75, 3.05) is 19.0 Å². The van der Waals surface area contributed by atoms with Gasteiger partial charge >= 0.3 is 0 Å². The van der Waals surface area contributed by atoms with Gasteiger partial charge in [-0.25, -0.2) is 0 Å². The maximum Gasteiger partial charge on any atom is 0.138 e. The highest BCUT2D eigenvalue weighted by Gasteiger charge is 2.21. The van der Waals surface area contributed by atoms with Crippen LogP contribution < -0.4 is 10.1 Å². The van der Waals surface area contributed by atoms with Crippen molar-refractivity contribution >= 4 is 17.3 Å². The van der Waals surface area contributed by atoms with Gasteiger partial charge in [-0.05, 0) is 50.8 Å².